The second-order valence-electron chi connectivity index (χ2n) is 8.61. The molecule has 2 aromatic heterocycles. The molecule has 1 unspecified atom stereocenters. The fraction of sp³-hybridized carbons (Fsp3) is 0.400. The van der Waals surface area contributed by atoms with E-state index >= 15 is 0 Å². The van der Waals surface area contributed by atoms with E-state index in [1.54, 1.807) is 19.2 Å². The van der Waals surface area contributed by atoms with Gasteiger partial charge in [0.2, 0.25) is 5.91 Å². The van der Waals surface area contributed by atoms with Gasteiger partial charge in [0.25, 0.3) is 0 Å². The molecule has 1 aliphatic rings. The summed E-state index contributed by atoms with van der Waals surface area (Å²) in [7, 11) is 0. The number of nitrogens with one attached hydrogen (secondary N) is 2. The van der Waals surface area contributed by atoms with Crippen molar-refractivity contribution in [2.45, 2.75) is 52.7 Å². The summed E-state index contributed by atoms with van der Waals surface area (Å²) in [4.78, 5) is 16.2. The highest BCUT2D eigenvalue weighted by Gasteiger charge is 2.20. The second kappa shape index (κ2) is 9.70. The van der Waals surface area contributed by atoms with Crippen molar-refractivity contribution in [2.75, 3.05) is 18.4 Å². The van der Waals surface area contributed by atoms with Crippen LogP contribution in [0, 0.1) is 19.7 Å². The molecule has 4 rings (SSSR count). The standard InChI is InChI=1S/C25H30FN5O2/c1-15-5-6-22(26)16(2)24(15)17(3)33-23-11-19(12-28-25(23)30-18(4)32)20-13-29-31(14-20)21-7-9-27-10-8-21/h5-6,11-14,17,21,27H,7-10H2,1-4H3,(H,28,30,32). The Morgan fingerprint density at radius 3 is 2.73 bits per heavy atom. The van der Waals surface area contributed by atoms with Crippen LogP contribution in [-0.2, 0) is 4.79 Å². The smallest absolute Gasteiger partial charge is 0.222 e. The summed E-state index contributed by atoms with van der Waals surface area (Å²) < 4.78 is 22.5. The molecule has 7 nitrogen and oxygen atoms in total. The summed E-state index contributed by atoms with van der Waals surface area (Å²) >= 11 is 0. The minimum absolute atomic E-state index is 0.246. The van der Waals surface area contributed by atoms with Gasteiger partial charge in [-0.15, -0.1) is 0 Å². The first-order chi connectivity index (χ1) is 15.8. The Morgan fingerprint density at radius 2 is 2.00 bits per heavy atom. The highest BCUT2D eigenvalue weighted by Crippen LogP contribution is 2.34. The zero-order chi connectivity index (χ0) is 23.5. The molecule has 8 heteroatoms. The Labute approximate surface area is 193 Å². The first kappa shape index (κ1) is 22.9. The van der Waals surface area contributed by atoms with Crippen LogP contribution in [-0.4, -0.2) is 33.8 Å². The molecule has 0 radical (unpaired) electrons. The zero-order valence-corrected chi connectivity index (χ0v) is 19.5. The molecule has 1 saturated heterocycles. The van der Waals surface area contributed by atoms with Crippen molar-refractivity contribution in [1.82, 2.24) is 20.1 Å². The number of halogens is 1. The third kappa shape index (κ3) is 5.06. The number of pyridine rings is 1. The topological polar surface area (TPSA) is 81.1 Å². The van der Waals surface area contributed by atoms with E-state index < -0.39 is 6.10 Å². The zero-order valence-electron chi connectivity index (χ0n) is 19.5. The number of anilines is 1. The minimum Gasteiger partial charge on any atom is -0.482 e. The van der Waals surface area contributed by atoms with Crippen LogP contribution < -0.4 is 15.4 Å². The lowest BCUT2D eigenvalue weighted by Gasteiger charge is -2.22. The summed E-state index contributed by atoms with van der Waals surface area (Å²) in [6, 6.07) is 5.44. The lowest BCUT2D eigenvalue weighted by molar-refractivity contribution is -0.114. The number of aryl methyl sites for hydroxylation is 1. The van der Waals surface area contributed by atoms with E-state index in [1.807, 2.05) is 37.0 Å². The molecule has 33 heavy (non-hydrogen) atoms. The maximum absolute atomic E-state index is 14.2. The van der Waals surface area contributed by atoms with Crippen molar-refractivity contribution in [2.24, 2.45) is 0 Å². The maximum Gasteiger partial charge on any atom is 0.222 e. The van der Waals surface area contributed by atoms with Crippen molar-refractivity contribution in [3.05, 3.63) is 59.3 Å². The Balaban J connectivity index is 1.65. The third-order valence-corrected chi connectivity index (χ3v) is 6.14. The van der Waals surface area contributed by atoms with E-state index in [4.69, 9.17) is 4.74 Å². The monoisotopic (exact) mass is 451 g/mol. The van der Waals surface area contributed by atoms with Crippen molar-refractivity contribution < 1.29 is 13.9 Å². The number of aromatic nitrogens is 3. The number of nitrogens with zero attached hydrogens (tertiary/aromatic N) is 3. The minimum atomic E-state index is -0.442. The van der Waals surface area contributed by atoms with Gasteiger partial charge in [-0.3, -0.25) is 9.48 Å². The number of rotatable bonds is 6. The molecule has 0 aliphatic carbocycles. The van der Waals surface area contributed by atoms with Gasteiger partial charge in [0.1, 0.15) is 11.9 Å². The Bertz CT molecular complexity index is 1150. The Hall–Kier alpha value is -3.26. The molecule has 0 saturated carbocycles. The van der Waals surface area contributed by atoms with E-state index in [9.17, 15) is 9.18 Å². The van der Waals surface area contributed by atoms with Gasteiger partial charge in [-0.25, -0.2) is 9.37 Å². The van der Waals surface area contributed by atoms with Crippen LogP contribution in [0.2, 0.25) is 0 Å². The predicted molar refractivity (Wildman–Crippen MR) is 126 cm³/mol. The third-order valence-electron chi connectivity index (χ3n) is 6.14. The molecule has 0 bridgehead atoms. The largest absolute Gasteiger partial charge is 0.482 e. The van der Waals surface area contributed by atoms with E-state index in [0.29, 0.717) is 23.2 Å². The highest BCUT2D eigenvalue weighted by atomic mass is 19.1. The molecule has 3 heterocycles. The molecular weight excluding hydrogens is 421 g/mol. The Morgan fingerprint density at radius 1 is 1.24 bits per heavy atom. The molecule has 1 aromatic carbocycles. The van der Waals surface area contributed by atoms with Gasteiger partial charge < -0.3 is 15.4 Å². The molecule has 3 aromatic rings. The Kier molecular flexibility index (Phi) is 6.74. The van der Waals surface area contributed by atoms with E-state index in [-0.39, 0.29) is 11.7 Å². The van der Waals surface area contributed by atoms with Gasteiger partial charge in [-0.1, -0.05) is 6.07 Å². The lowest BCUT2D eigenvalue weighted by Crippen LogP contribution is -2.29. The summed E-state index contributed by atoms with van der Waals surface area (Å²) in [5.74, 6) is 0.235. The molecular formula is C25H30FN5O2. The van der Waals surface area contributed by atoms with Crippen LogP contribution in [0.4, 0.5) is 10.2 Å². The van der Waals surface area contributed by atoms with Crippen molar-refractivity contribution >= 4 is 11.7 Å². The van der Waals surface area contributed by atoms with Gasteiger partial charge in [0, 0.05) is 36.0 Å². The lowest BCUT2D eigenvalue weighted by atomic mass is 9.98. The van der Waals surface area contributed by atoms with Crippen LogP contribution in [0.5, 0.6) is 5.75 Å². The van der Waals surface area contributed by atoms with E-state index in [1.165, 1.54) is 13.0 Å². The molecule has 1 fully saturated rings. The average molecular weight is 452 g/mol. The molecule has 0 spiro atoms. The quantitative estimate of drug-likeness (QED) is 0.567. The number of ether oxygens (including phenoxy) is 1. The normalized spacial score (nSPS) is 15.3. The van der Waals surface area contributed by atoms with Gasteiger partial charge in [0.15, 0.2) is 11.6 Å². The second-order valence-corrected chi connectivity index (χ2v) is 8.61. The van der Waals surface area contributed by atoms with Crippen LogP contribution in [0.15, 0.2) is 36.8 Å². The molecule has 1 atom stereocenters. The first-order valence-corrected chi connectivity index (χ1v) is 11.3. The van der Waals surface area contributed by atoms with Gasteiger partial charge in [-0.05, 0) is 70.0 Å². The van der Waals surface area contributed by atoms with Crippen molar-refractivity contribution in [3.63, 3.8) is 0 Å². The van der Waals surface area contributed by atoms with Crippen LogP contribution in [0.1, 0.15) is 55.5 Å². The summed E-state index contributed by atoms with van der Waals surface area (Å²) in [6.07, 6.45) is 7.19. The number of amides is 1. The number of hydrogen-bond acceptors (Lipinski definition) is 5. The van der Waals surface area contributed by atoms with Crippen LogP contribution >= 0.6 is 0 Å². The average Bonchev–Trinajstić information content (AvgIpc) is 3.28. The maximum atomic E-state index is 14.2. The predicted octanol–water partition coefficient (Wildman–Crippen LogP) is 4.72. The fourth-order valence-corrected chi connectivity index (χ4v) is 4.42. The molecule has 1 aliphatic heterocycles. The molecule has 2 N–H and O–H groups in total. The molecule has 174 valence electrons. The van der Waals surface area contributed by atoms with Gasteiger partial charge >= 0.3 is 0 Å². The van der Waals surface area contributed by atoms with Crippen molar-refractivity contribution in [1.29, 1.82) is 0 Å². The number of carbonyl (C=O) groups excluding carboxylic acids is 1. The van der Waals surface area contributed by atoms with Gasteiger partial charge in [0.05, 0.1) is 12.2 Å². The van der Waals surface area contributed by atoms with Crippen LogP contribution in [0.25, 0.3) is 11.1 Å². The number of piperidine rings is 1. The summed E-state index contributed by atoms with van der Waals surface area (Å²) in [5, 5.41) is 10.7. The number of carbonyl (C=O) groups is 1. The van der Waals surface area contributed by atoms with E-state index in [2.05, 4.69) is 20.7 Å². The van der Waals surface area contributed by atoms with Crippen LogP contribution in [0.3, 0.4) is 0 Å². The summed E-state index contributed by atoms with van der Waals surface area (Å²) in [5.41, 5.74) is 4.03. The number of hydrogen-bond donors (Lipinski definition) is 2. The highest BCUT2D eigenvalue weighted by molar-refractivity contribution is 5.89. The summed E-state index contributed by atoms with van der Waals surface area (Å²) in [6.45, 7) is 8.94. The SMILES string of the molecule is CC(=O)Nc1ncc(-c2cnn(C3CCNCC3)c2)cc1OC(C)c1c(C)ccc(F)c1C. The molecule has 1 amide bonds. The van der Waals surface area contributed by atoms with Gasteiger partial charge in [-0.2, -0.15) is 5.10 Å². The van der Waals surface area contributed by atoms with Crippen molar-refractivity contribution in [3.8, 4) is 16.9 Å². The first-order valence-electron chi connectivity index (χ1n) is 11.3. The number of benzene rings is 1. The van der Waals surface area contributed by atoms with E-state index in [0.717, 1.165) is 48.2 Å². The fourth-order valence-electron chi connectivity index (χ4n) is 4.42.